The Morgan fingerprint density at radius 3 is 2.83 bits per heavy atom. The van der Waals surface area contributed by atoms with Gasteiger partial charge in [0.2, 0.25) is 5.91 Å². The monoisotopic (exact) mass is 409 g/mol. The molecule has 1 aromatic carbocycles. The molecular weight excluding hydrogens is 378 g/mol. The van der Waals surface area contributed by atoms with Crippen LogP contribution in [0.1, 0.15) is 47.5 Å². The Bertz CT molecular complexity index is 928. The molecule has 7 nitrogen and oxygen atoms in total. The van der Waals surface area contributed by atoms with Crippen molar-refractivity contribution in [3.05, 3.63) is 46.4 Å². The van der Waals surface area contributed by atoms with Gasteiger partial charge in [-0.1, -0.05) is 12.1 Å². The molecule has 0 saturated carbocycles. The fourth-order valence-electron chi connectivity index (χ4n) is 4.49. The Hall–Kier alpha value is -2.67. The molecule has 2 aliphatic rings. The van der Waals surface area contributed by atoms with E-state index in [4.69, 9.17) is 14.7 Å². The Kier molecular flexibility index (Phi) is 5.90. The van der Waals surface area contributed by atoms with Crippen LogP contribution in [0.3, 0.4) is 0 Å². The van der Waals surface area contributed by atoms with Gasteiger partial charge < -0.3 is 15.0 Å². The van der Waals surface area contributed by atoms with Crippen molar-refractivity contribution in [3.63, 3.8) is 0 Å². The lowest BCUT2D eigenvalue weighted by atomic mass is 10.0. The van der Waals surface area contributed by atoms with Gasteiger partial charge in [0.15, 0.2) is 0 Å². The number of nitrogens with zero attached hydrogens (tertiary/aromatic N) is 4. The van der Waals surface area contributed by atoms with Gasteiger partial charge in [0.1, 0.15) is 17.4 Å². The molecule has 0 bridgehead atoms. The van der Waals surface area contributed by atoms with E-state index >= 15 is 0 Å². The van der Waals surface area contributed by atoms with Gasteiger partial charge in [-0.2, -0.15) is 0 Å². The summed E-state index contributed by atoms with van der Waals surface area (Å²) in [4.78, 5) is 25.8. The third kappa shape index (κ3) is 4.12. The van der Waals surface area contributed by atoms with Crippen LogP contribution in [0.2, 0.25) is 0 Å². The average molecular weight is 410 g/mol. The smallest absolute Gasteiger partial charge is 0.219 e. The predicted octanol–water partition coefficient (Wildman–Crippen LogP) is 2.73. The van der Waals surface area contributed by atoms with Crippen LogP contribution in [0.5, 0.6) is 5.75 Å². The van der Waals surface area contributed by atoms with Gasteiger partial charge in [-0.15, -0.1) is 0 Å². The molecule has 1 fully saturated rings. The second-order valence-corrected chi connectivity index (χ2v) is 8.33. The highest BCUT2D eigenvalue weighted by Crippen LogP contribution is 2.31. The maximum absolute atomic E-state index is 11.7. The van der Waals surface area contributed by atoms with Crippen LogP contribution in [0, 0.1) is 6.92 Å². The van der Waals surface area contributed by atoms with Crippen LogP contribution in [0.4, 0.5) is 5.82 Å². The first-order chi connectivity index (χ1) is 14.5. The summed E-state index contributed by atoms with van der Waals surface area (Å²) in [6.45, 7) is 7.83. The zero-order valence-electron chi connectivity index (χ0n) is 18.4. The predicted molar refractivity (Wildman–Crippen MR) is 117 cm³/mol. The minimum absolute atomic E-state index is 0.131. The number of hydrogen-bond donors (Lipinski definition) is 1. The molecule has 3 heterocycles. The van der Waals surface area contributed by atoms with E-state index in [1.165, 1.54) is 16.7 Å². The zero-order chi connectivity index (χ0) is 21.3. The molecule has 160 valence electrons. The normalized spacial score (nSPS) is 18.9. The van der Waals surface area contributed by atoms with Gasteiger partial charge in [-0.25, -0.2) is 9.97 Å². The summed E-state index contributed by atoms with van der Waals surface area (Å²) >= 11 is 0. The molecule has 30 heavy (non-hydrogen) atoms. The number of likely N-dealkylation sites (tertiary alicyclic amines) is 1. The highest BCUT2D eigenvalue weighted by atomic mass is 16.5. The van der Waals surface area contributed by atoms with E-state index in [9.17, 15) is 4.79 Å². The molecule has 1 amide bonds. The van der Waals surface area contributed by atoms with Crippen LogP contribution >= 0.6 is 0 Å². The number of carbonyl (C=O) groups is 1. The first kappa shape index (κ1) is 20.6. The summed E-state index contributed by atoms with van der Waals surface area (Å²) in [6.07, 6.45) is 1.83. The second-order valence-electron chi connectivity index (χ2n) is 8.33. The van der Waals surface area contributed by atoms with Crippen molar-refractivity contribution in [2.75, 3.05) is 39.1 Å². The Morgan fingerprint density at radius 1 is 1.30 bits per heavy atom. The van der Waals surface area contributed by atoms with Crippen molar-refractivity contribution in [3.8, 4) is 5.75 Å². The van der Waals surface area contributed by atoms with Gasteiger partial charge >= 0.3 is 0 Å². The minimum atomic E-state index is 0.131. The van der Waals surface area contributed by atoms with E-state index < -0.39 is 0 Å². The van der Waals surface area contributed by atoms with E-state index in [2.05, 4.69) is 35.3 Å². The standard InChI is InChI=1S/C23H31N5O2/c1-15-5-6-17(21(11-15)30-4)12-27-9-8-20-19(14-27)23(24-3)26-22(25-20)18-7-10-28(13-18)16(2)29/h5-6,11,18H,7-10,12-14H2,1-4H3,(H,24,25,26)/t18-/m0/s1. The summed E-state index contributed by atoms with van der Waals surface area (Å²) in [5.41, 5.74) is 4.72. The lowest BCUT2D eigenvalue weighted by Crippen LogP contribution is -2.32. The van der Waals surface area contributed by atoms with E-state index in [-0.39, 0.29) is 11.8 Å². The third-order valence-corrected chi connectivity index (χ3v) is 6.23. The summed E-state index contributed by atoms with van der Waals surface area (Å²) in [5, 5.41) is 3.28. The molecule has 0 aliphatic carbocycles. The molecule has 0 spiro atoms. The van der Waals surface area contributed by atoms with Gasteiger partial charge in [-0.05, 0) is 25.0 Å². The van der Waals surface area contributed by atoms with Gasteiger partial charge in [0, 0.05) is 70.2 Å². The summed E-state index contributed by atoms with van der Waals surface area (Å²) in [7, 11) is 3.65. The minimum Gasteiger partial charge on any atom is -0.496 e. The molecule has 1 aromatic heterocycles. The number of methoxy groups -OCH3 is 1. The largest absolute Gasteiger partial charge is 0.496 e. The number of aryl methyl sites for hydroxylation is 1. The van der Waals surface area contributed by atoms with Crippen LogP contribution < -0.4 is 10.1 Å². The van der Waals surface area contributed by atoms with Gasteiger partial charge in [0.05, 0.1) is 12.8 Å². The van der Waals surface area contributed by atoms with Gasteiger partial charge in [-0.3, -0.25) is 9.69 Å². The first-order valence-electron chi connectivity index (χ1n) is 10.7. The average Bonchev–Trinajstić information content (AvgIpc) is 3.25. The van der Waals surface area contributed by atoms with Crippen molar-refractivity contribution in [2.24, 2.45) is 0 Å². The molecule has 7 heteroatoms. The van der Waals surface area contributed by atoms with Gasteiger partial charge in [0.25, 0.3) is 0 Å². The van der Waals surface area contributed by atoms with Crippen LogP contribution in [-0.2, 0) is 24.3 Å². The number of carbonyl (C=O) groups excluding carboxylic acids is 1. The van der Waals surface area contributed by atoms with Crippen molar-refractivity contribution >= 4 is 11.7 Å². The van der Waals surface area contributed by atoms with E-state index in [1.54, 1.807) is 14.0 Å². The van der Waals surface area contributed by atoms with E-state index in [0.717, 1.165) is 68.7 Å². The Morgan fingerprint density at radius 2 is 2.13 bits per heavy atom. The van der Waals surface area contributed by atoms with Crippen molar-refractivity contribution in [1.82, 2.24) is 19.8 Å². The lowest BCUT2D eigenvalue weighted by molar-refractivity contribution is -0.127. The highest BCUT2D eigenvalue weighted by molar-refractivity contribution is 5.73. The van der Waals surface area contributed by atoms with Crippen LogP contribution in [0.25, 0.3) is 0 Å². The maximum atomic E-state index is 11.7. The number of rotatable bonds is 5. The molecule has 0 radical (unpaired) electrons. The number of fused-ring (bicyclic) bond motifs is 1. The van der Waals surface area contributed by atoms with Crippen molar-refractivity contribution in [2.45, 2.75) is 45.7 Å². The fourth-order valence-corrected chi connectivity index (χ4v) is 4.49. The quantitative estimate of drug-likeness (QED) is 0.819. The third-order valence-electron chi connectivity index (χ3n) is 6.23. The fraction of sp³-hybridized carbons (Fsp3) is 0.522. The molecule has 1 saturated heterocycles. The Balaban J connectivity index is 1.53. The zero-order valence-corrected chi connectivity index (χ0v) is 18.4. The highest BCUT2D eigenvalue weighted by Gasteiger charge is 2.30. The summed E-state index contributed by atoms with van der Waals surface area (Å²) < 4.78 is 5.59. The summed E-state index contributed by atoms with van der Waals surface area (Å²) in [6, 6.07) is 6.38. The first-order valence-corrected chi connectivity index (χ1v) is 10.7. The topological polar surface area (TPSA) is 70.6 Å². The second kappa shape index (κ2) is 8.60. The Labute approximate surface area is 178 Å². The number of aromatic nitrogens is 2. The molecule has 2 aliphatic heterocycles. The molecular formula is C23H31N5O2. The number of anilines is 1. The van der Waals surface area contributed by atoms with Crippen LogP contribution in [0.15, 0.2) is 18.2 Å². The molecule has 1 atom stereocenters. The van der Waals surface area contributed by atoms with Crippen molar-refractivity contribution in [1.29, 1.82) is 0 Å². The molecule has 0 unspecified atom stereocenters. The van der Waals surface area contributed by atoms with E-state index in [0.29, 0.717) is 0 Å². The molecule has 4 rings (SSSR count). The number of nitrogens with one attached hydrogen (secondary N) is 1. The molecule has 1 N–H and O–H groups in total. The lowest BCUT2D eigenvalue weighted by Gasteiger charge is -2.30. The van der Waals surface area contributed by atoms with Crippen molar-refractivity contribution < 1.29 is 9.53 Å². The number of amides is 1. The maximum Gasteiger partial charge on any atom is 0.219 e. The van der Waals surface area contributed by atoms with Crippen LogP contribution in [-0.4, -0.2) is 59.5 Å². The van der Waals surface area contributed by atoms with E-state index in [1.807, 2.05) is 11.9 Å². The number of hydrogen-bond acceptors (Lipinski definition) is 6. The number of ether oxygens (including phenoxy) is 1. The summed E-state index contributed by atoms with van der Waals surface area (Å²) in [5.74, 6) is 3.08. The SMILES string of the molecule is CNc1nc([C@H]2CCN(C(C)=O)C2)nc2c1CN(Cc1ccc(C)cc1OC)CC2. The number of benzene rings is 1. The molecule has 2 aromatic rings.